The number of carbonyl (C=O) groups is 3. The van der Waals surface area contributed by atoms with Gasteiger partial charge in [-0.3, -0.25) is 23.5 Å². The number of nitrogens with one attached hydrogen (secondary N) is 3. The predicted octanol–water partition coefficient (Wildman–Crippen LogP) is -0.880. The van der Waals surface area contributed by atoms with E-state index in [4.69, 9.17) is 4.74 Å². The molecule has 0 radical (unpaired) electrons. The number of alkyl carbamates (subject to hydrolysis) is 1. The van der Waals surface area contributed by atoms with Gasteiger partial charge in [-0.05, 0) is 27.7 Å². The molecule has 0 aliphatic rings. The van der Waals surface area contributed by atoms with Crippen LogP contribution in [-0.2, 0) is 35.0 Å². The molecule has 11 heteroatoms. The Kier molecular flexibility index (Phi) is 8.16. The Morgan fingerprint density at radius 3 is 2.31 bits per heavy atom. The number of nitrogens with zero attached hydrogens (tertiary/aromatic N) is 2. The van der Waals surface area contributed by atoms with Gasteiger partial charge in [0.15, 0.2) is 0 Å². The summed E-state index contributed by atoms with van der Waals surface area (Å²) in [5.74, 6) is -0.906. The maximum atomic E-state index is 12.2. The first-order valence-electron chi connectivity index (χ1n) is 9.11. The van der Waals surface area contributed by atoms with Crippen molar-refractivity contribution in [3.8, 4) is 0 Å². The summed E-state index contributed by atoms with van der Waals surface area (Å²) in [7, 11) is 2.86. The van der Waals surface area contributed by atoms with E-state index in [1.54, 1.807) is 20.8 Å². The second-order valence-corrected chi connectivity index (χ2v) is 7.56. The molecule has 11 nitrogen and oxygen atoms in total. The number of hydrogen-bond acceptors (Lipinski definition) is 6. The largest absolute Gasteiger partial charge is 0.444 e. The smallest absolute Gasteiger partial charge is 0.407 e. The molecule has 0 aliphatic carbocycles. The highest BCUT2D eigenvalue weighted by molar-refractivity contribution is 5.87. The topological polar surface area (TPSA) is 141 Å². The third kappa shape index (κ3) is 7.80. The zero-order valence-electron chi connectivity index (χ0n) is 17.6. The van der Waals surface area contributed by atoms with E-state index in [9.17, 15) is 24.0 Å². The molecule has 1 aromatic rings. The van der Waals surface area contributed by atoms with Crippen LogP contribution in [0.5, 0.6) is 0 Å². The van der Waals surface area contributed by atoms with E-state index in [1.807, 2.05) is 0 Å². The molecular formula is C18H29N5O6. The normalized spacial score (nSPS) is 12.1. The molecule has 0 unspecified atom stereocenters. The van der Waals surface area contributed by atoms with Crippen molar-refractivity contribution in [2.45, 2.75) is 52.3 Å². The van der Waals surface area contributed by atoms with E-state index in [1.165, 1.54) is 31.7 Å². The summed E-state index contributed by atoms with van der Waals surface area (Å²) in [4.78, 5) is 59.1. The Bertz CT molecular complexity index is 880. The molecule has 0 fully saturated rings. The average Bonchev–Trinajstić information content (AvgIpc) is 2.59. The van der Waals surface area contributed by atoms with Gasteiger partial charge in [-0.2, -0.15) is 0 Å². The van der Waals surface area contributed by atoms with Gasteiger partial charge in [0.25, 0.3) is 5.56 Å². The molecule has 0 aromatic carbocycles. The van der Waals surface area contributed by atoms with Gasteiger partial charge in [0, 0.05) is 38.8 Å². The molecular weight excluding hydrogens is 382 g/mol. The number of rotatable bonds is 7. The summed E-state index contributed by atoms with van der Waals surface area (Å²) in [6.07, 6.45) is -0.657. The Morgan fingerprint density at radius 1 is 1.10 bits per heavy atom. The van der Waals surface area contributed by atoms with Gasteiger partial charge in [0.05, 0.1) is 6.54 Å². The van der Waals surface area contributed by atoms with Crippen LogP contribution in [0.3, 0.4) is 0 Å². The molecule has 3 N–H and O–H groups in total. The predicted molar refractivity (Wildman–Crippen MR) is 105 cm³/mol. The van der Waals surface area contributed by atoms with Crippen molar-refractivity contribution in [2.24, 2.45) is 14.1 Å². The number of ether oxygens (including phenoxy) is 1. The lowest BCUT2D eigenvalue weighted by atomic mass is 10.2. The molecule has 162 valence electrons. The Labute approximate surface area is 168 Å². The van der Waals surface area contributed by atoms with Crippen LogP contribution in [0.25, 0.3) is 0 Å². The Hall–Kier alpha value is -3.11. The quantitative estimate of drug-likeness (QED) is 0.532. The van der Waals surface area contributed by atoms with E-state index >= 15 is 0 Å². The Balaban J connectivity index is 2.47. The summed E-state index contributed by atoms with van der Waals surface area (Å²) in [6.45, 7) is 6.70. The molecule has 1 heterocycles. The molecule has 29 heavy (non-hydrogen) atoms. The van der Waals surface area contributed by atoms with Gasteiger partial charge in [-0.25, -0.2) is 9.59 Å². The highest BCUT2D eigenvalue weighted by Crippen LogP contribution is 2.06. The molecule has 0 bridgehead atoms. The van der Waals surface area contributed by atoms with Crippen LogP contribution < -0.4 is 27.2 Å². The molecule has 1 aromatic heterocycles. The van der Waals surface area contributed by atoms with E-state index in [0.717, 1.165) is 4.57 Å². The minimum Gasteiger partial charge on any atom is -0.444 e. The lowest BCUT2D eigenvalue weighted by Crippen LogP contribution is -2.46. The van der Waals surface area contributed by atoms with Crippen LogP contribution in [0.15, 0.2) is 15.7 Å². The highest BCUT2D eigenvalue weighted by atomic mass is 16.6. The third-order valence-corrected chi connectivity index (χ3v) is 3.86. The van der Waals surface area contributed by atoms with E-state index in [-0.39, 0.29) is 19.5 Å². The summed E-state index contributed by atoms with van der Waals surface area (Å²) >= 11 is 0. The first kappa shape index (κ1) is 23.9. The van der Waals surface area contributed by atoms with Crippen LogP contribution in [0, 0.1) is 0 Å². The minimum absolute atomic E-state index is 0.0277. The molecule has 0 spiro atoms. The third-order valence-electron chi connectivity index (χ3n) is 3.86. The van der Waals surface area contributed by atoms with Crippen LogP contribution in [0.4, 0.5) is 4.79 Å². The maximum Gasteiger partial charge on any atom is 0.407 e. The standard InChI is InChI=1S/C18H29N5O6/c1-11(21-13(24)7-8-19-16(27)29-18(2,3)4)15(26)20-10-12-9-14(25)23(6)17(28)22(12)5/h9,11H,7-8,10H2,1-6H3,(H,19,27)(H,20,26)(H,21,24)/t11-/m1/s1. The van der Waals surface area contributed by atoms with Crippen molar-refractivity contribution >= 4 is 17.9 Å². The Morgan fingerprint density at radius 2 is 1.72 bits per heavy atom. The summed E-state index contributed by atoms with van der Waals surface area (Å²) < 4.78 is 7.27. The fourth-order valence-corrected chi connectivity index (χ4v) is 2.25. The lowest BCUT2D eigenvalue weighted by Gasteiger charge is -2.19. The molecule has 0 saturated carbocycles. The van der Waals surface area contributed by atoms with Gasteiger partial charge in [0.1, 0.15) is 11.6 Å². The van der Waals surface area contributed by atoms with E-state index < -0.39 is 40.8 Å². The monoisotopic (exact) mass is 411 g/mol. The molecule has 1 atom stereocenters. The van der Waals surface area contributed by atoms with Crippen molar-refractivity contribution in [3.63, 3.8) is 0 Å². The highest BCUT2D eigenvalue weighted by Gasteiger charge is 2.18. The number of carbonyl (C=O) groups excluding carboxylic acids is 3. The van der Waals surface area contributed by atoms with Crippen LogP contribution in [0.1, 0.15) is 39.8 Å². The van der Waals surface area contributed by atoms with Crippen LogP contribution >= 0.6 is 0 Å². The van der Waals surface area contributed by atoms with E-state index in [2.05, 4.69) is 16.0 Å². The van der Waals surface area contributed by atoms with Crippen LogP contribution in [0.2, 0.25) is 0 Å². The van der Waals surface area contributed by atoms with Crippen molar-refractivity contribution in [2.75, 3.05) is 6.54 Å². The van der Waals surface area contributed by atoms with Crippen molar-refractivity contribution < 1.29 is 19.1 Å². The maximum absolute atomic E-state index is 12.2. The second kappa shape index (κ2) is 9.89. The zero-order chi connectivity index (χ0) is 22.4. The lowest BCUT2D eigenvalue weighted by molar-refractivity contribution is -0.128. The fraction of sp³-hybridized carbons (Fsp3) is 0.611. The zero-order valence-corrected chi connectivity index (χ0v) is 17.6. The fourth-order valence-electron chi connectivity index (χ4n) is 2.25. The first-order chi connectivity index (χ1) is 13.3. The van der Waals surface area contributed by atoms with Crippen molar-refractivity contribution in [3.05, 3.63) is 32.6 Å². The number of hydrogen-bond donors (Lipinski definition) is 3. The van der Waals surface area contributed by atoms with Gasteiger partial charge < -0.3 is 20.7 Å². The summed E-state index contributed by atoms with van der Waals surface area (Å²) in [5.41, 5.74) is -1.27. The summed E-state index contributed by atoms with van der Waals surface area (Å²) in [6, 6.07) is 0.417. The molecule has 0 aliphatic heterocycles. The van der Waals surface area contributed by atoms with Gasteiger partial charge in [-0.1, -0.05) is 0 Å². The van der Waals surface area contributed by atoms with Gasteiger partial charge in [0.2, 0.25) is 11.8 Å². The van der Waals surface area contributed by atoms with Gasteiger partial charge in [-0.15, -0.1) is 0 Å². The van der Waals surface area contributed by atoms with E-state index in [0.29, 0.717) is 5.69 Å². The first-order valence-corrected chi connectivity index (χ1v) is 9.11. The van der Waals surface area contributed by atoms with Crippen LogP contribution in [-0.4, -0.2) is 45.2 Å². The van der Waals surface area contributed by atoms with Crippen molar-refractivity contribution in [1.29, 1.82) is 0 Å². The second-order valence-electron chi connectivity index (χ2n) is 7.56. The number of aromatic nitrogens is 2. The van der Waals surface area contributed by atoms with Crippen molar-refractivity contribution in [1.82, 2.24) is 25.1 Å². The minimum atomic E-state index is -0.840. The molecule has 1 rings (SSSR count). The molecule has 3 amide bonds. The average molecular weight is 411 g/mol. The summed E-state index contributed by atoms with van der Waals surface area (Å²) in [5, 5.41) is 7.53. The number of amides is 3. The SMILES string of the molecule is C[C@@H](NC(=O)CCNC(=O)OC(C)(C)C)C(=O)NCc1cc(=O)n(C)c(=O)n1C. The molecule has 0 saturated heterocycles. The van der Waals surface area contributed by atoms with Gasteiger partial charge >= 0.3 is 11.8 Å².